The molecule has 0 radical (unpaired) electrons. The lowest BCUT2D eigenvalue weighted by atomic mass is 10.5. The zero-order valence-corrected chi connectivity index (χ0v) is 9.37. The minimum atomic E-state index is -3.90. The van der Waals surface area contributed by atoms with Gasteiger partial charge in [-0.3, -0.25) is 0 Å². The maximum atomic E-state index is 11.3. The van der Waals surface area contributed by atoms with Crippen molar-refractivity contribution in [1.82, 2.24) is 19.4 Å². The number of carbonyl (C=O) groups excluding carboxylic acids is 1. The first-order chi connectivity index (χ1) is 7.53. The lowest BCUT2D eigenvalue weighted by molar-refractivity contribution is 0.158. The number of nitrogens with one attached hydrogen (secondary N) is 3. The fourth-order valence-electron chi connectivity index (χ4n) is 0.860. The molecule has 1 rings (SSSR count). The Bertz CT molecular complexity index is 427. The van der Waals surface area contributed by atoms with E-state index in [2.05, 4.69) is 19.4 Å². The summed E-state index contributed by atoms with van der Waals surface area (Å²) >= 11 is 0. The molecule has 0 saturated carbocycles. The molecule has 0 atom stereocenters. The number of H-pyrrole nitrogens is 1. The number of aromatic amines is 1. The molecule has 0 fully saturated rings. The molecule has 1 aromatic rings. The summed E-state index contributed by atoms with van der Waals surface area (Å²) in [5.41, 5.74) is 0.578. The van der Waals surface area contributed by atoms with Crippen molar-refractivity contribution in [2.24, 2.45) is 0 Å². The van der Waals surface area contributed by atoms with Crippen molar-refractivity contribution >= 4 is 16.3 Å². The van der Waals surface area contributed by atoms with Crippen LogP contribution in [0.25, 0.3) is 0 Å². The molecule has 0 spiro atoms. The molecule has 9 heteroatoms. The van der Waals surface area contributed by atoms with E-state index < -0.39 is 16.3 Å². The molecule has 0 bridgehead atoms. The van der Waals surface area contributed by atoms with E-state index in [1.807, 2.05) is 0 Å². The van der Waals surface area contributed by atoms with Gasteiger partial charge in [-0.25, -0.2) is 14.5 Å². The van der Waals surface area contributed by atoms with Crippen molar-refractivity contribution in [3.8, 4) is 0 Å². The molecule has 0 aliphatic carbocycles. The number of ether oxygens (including phenoxy) is 1. The molecule has 1 aromatic heterocycles. The van der Waals surface area contributed by atoms with Crippen molar-refractivity contribution in [1.29, 1.82) is 0 Å². The van der Waals surface area contributed by atoms with Gasteiger partial charge in [0.05, 0.1) is 19.5 Å². The topological polar surface area (TPSA) is 113 Å². The molecule has 0 unspecified atom stereocenters. The highest BCUT2D eigenvalue weighted by Crippen LogP contribution is 1.91. The predicted octanol–water partition coefficient (Wildman–Crippen LogP) is -0.510. The average Bonchev–Trinajstić information content (AvgIpc) is 2.66. The molecule has 0 aliphatic heterocycles. The number of rotatable bonds is 5. The average molecular weight is 248 g/mol. The Kier molecular flexibility index (Phi) is 4.26. The van der Waals surface area contributed by atoms with Crippen LogP contribution in [-0.4, -0.2) is 31.1 Å². The highest BCUT2D eigenvalue weighted by Gasteiger charge is 2.14. The molecule has 3 N–H and O–H groups in total. The van der Waals surface area contributed by atoms with Crippen molar-refractivity contribution < 1.29 is 17.9 Å². The quantitative estimate of drug-likeness (QED) is 0.649. The van der Waals surface area contributed by atoms with Crippen molar-refractivity contribution in [2.45, 2.75) is 13.5 Å². The number of hydrogen-bond donors (Lipinski definition) is 3. The summed E-state index contributed by atoms with van der Waals surface area (Å²) in [6.07, 6.45) is 1.87. The second-order valence-corrected chi connectivity index (χ2v) is 4.22. The summed E-state index contributed by atoms with van der Waals surface area (Å²) in [5.74, 6) is 0. The van der Waals surface area contributed by atoms with Gasteiger partial charge in [0.1, 0.15) is 0 Å². The molecule has 0 saturated heterocycles. The monoisotopic (exact) mass is 248 g/mol. The first kappa shape index (κ1) is 12.5. The van der Waals surface area contributed by atoms with Gasteiger partial charge in [0.15, 0.2) is 0 Å². The van der Waals surface area contributed by atoms with Gasteiger partial charge < -0.3 is 9.72 Å². The van der Waals surface area contributed by atoms with Crippen LogP contribution < -0.4 is 9.44 Å². The normalized spacial score (nSPS) is 11.1. The van der Waals surface area contributed by atoms with Crippen LogP contribution in [0.3, 0.4) is 0 Å². The third-order valence-electron chi connectivity index (χ3n) is 1.50. The van der Waals surface area contributed by atoms with Gasteiger partial charge in [0, 0.05) is 11.9 Å². The summed E-state index contributed by atoms with van der Waals surface area (Å²) in [6.45, 7) is 1.68. The molecule has 90 valence electrons. The lowest BCUT2D eigenvalue weighted by Crippen LogP contribution is -2.40. The third kappa shape index (κ3) is 4.28. The smallest absolute Gasteiger partial charge is 0.421 e. The number of carbonyl (C=O) groups is 1. The van der Waals surface area contributed by atoms with E-state index >= 15 is 0 Å². The zero-order chi connectivity index (χ0) is 12.0. The van der Waals surface area contributed by atoms with E-state index in [1.165, 1.54) is 12.5 Å². The van der Waals surface area contributed by atoms with Crippen LogP contribution in [0.2, 0.25) is 0 Å². The maximum Gasteiger partial charge on any atom is 0.421 e. The largest absolute Gasteiger partial charge is 0.449 e. The summed E-state index contributed by atoms with van der Waals surface area (Å²) in [4.78, 5) is 17.3. The Balaban J connectivity index is 2.43. The minimum Gasteiger partial charge on any atom is -0.449 e. The van der Waals surface area contributed by atoms with E-state index in [-0.39, 0.29) is 13.2 Å². The SMILES string of the molecule is CCOC(=O)NS(=O)(=O)NCc1cnc[nH]1. The fourth-order valence-corrected chi connectivity index (χ4v) is 1.56. The Morgan fingerprint density at radius 3 is 2.94 bits per heavy atom. The summed E-state index contributed by atoms with van der Waals surface area (Å²) in [7, 11) is -3.90. The van der Waals surface area contributed by atoms with Crippen molar-refractivity contribution in [3.63, 3.8) is 0 Å². The summed E-state index contributed by atoms with van der Waals surface area (Å²) in [5, 5.41) is 0. The van der Waals surface area contributed by atoms with Gasteiger partial charge in [0.25, 0.3) is 0 Å². The van der Waals surface area contributed by atoms with Crippen LogP contribution in [0.4, 0.5) is 4.79 Å². The molecular formula is C7H12N4O4S. The third-order valence-corrected chi connectivity index (χ3v) is 2.46. The Labute approximate surface area is 92.6 Å². The van der Waals surface area contributed by atoms with Gasteiger partial charge in [-0.2, -0.15) is 13.1 Å². The zero-order valence-electron chi connectivity index (χ0n) is 8.56. The predicted molar refractivity (Wildman–Crippen MR) is 54.5 cm³/mol. The van der Waals surface area contributed by atoms with E-state index in [1.54, 1.807) is 11.6 Å². The number of aromatic nitrogens is 2. The van der Waals surface area contributed by atoms with E-state index in [0.717, 1.165) is 0 Å². The first-order valence-electron chi connectivity index (χ1n) is 4.45. The molecule has 1 heterocycles. The Morgan fingerprint density at radius 2 is 2.38 bits per heavy atom. The number of hydrogen-bond acceptors (Lipinski definition) is 5. The van der Waals surface area contributed by atoms with Crippen LogP contribution >= 0.6 is 0 Å². The molecule has 0 aliphatic rings. The van der Waals surface area contributed by atoms with Crippen molar-refractivity contribution in [2.75, 3.05) is 6.61 Å². The summed E-state index contributed by atoms with van der Waals surface area (Å²) in [6, 6.07) is 0. The van der Waals surface area contributed by atoms with Crippen LogP contribution in [0, 0.1) is 0 Å². The fraction of sp³-hybridized carbons (Fsp3) is 0.429. The number of amides is 1. The minimum absolute atomic E-state index is 0.00867. The van der Waals surface area contributed by atoms with Crippen LogP contribution in [-0.2, 0) is 21.5 Å². The molecule has 16 heavy (non-hydrogen) atoms. The number of nitrogens with zero attached hydrogens (tertiary/aromatic N) is 1. The maximum absolute atomic E-state index is 11.3. The van der Waals surface area contributed by atoms with E-state index in [4.69, 9.17) is 0 Å². The van der Waals surface area contributed by atoms with Gasteiger partial charge in [-0.05, 0) is 6.92 Å². The van der Waals surface area contributed by atoms with Crippen LogP contribution in [0.1, 0.15) is 12.6 Å². The van der Waals surface area contributed by atoms with Crippen LogP contribution in [0.15, 0.2) is 12.5 Å². The number of imidazole rings is 1. The van der Waals surface area contributed by atoms with Gasteiger partial charge in [-0.15, -0.1) is 0 Å². The Morgan fingerprint density at radius 1 is 1.62 bits per heavy atom. The van der Waals surface area contributed by atoms with Crippen molar-refractivity contribution in [3.05, 3.63) is 18.2 Å². The van der Waals surface area contributed by atoms with Gasteiger partial charge in [0.2, 0.25) is 0 Å². The lowest BCUT2D eigenvalue weighted by Gasteiger charge is -2.06. The molecule has 8 nitrogen and oxygen atoms in total. The molecule has 0 aromatic carbocycles. The molecule has 1 amide bonds. The highest BCUT2D eigenvalue weighted by atomic mass is 32.2. The summed E-state index contributed by atoms with van der Waals surface area (Å²) < 4.78 is 30.8. The second kappa shape index (κ2) is 5.47. The Hall–Kier alpha value is -1.61. The highest BCUT2D eigenvalue weighted by molar-refractivity contribution is 7.88. The van der Waals surface area contributed by atoms with Crippen LogP contribution in [0.5, 0.6) is 0 Å². The van der Waals surface area contributed by atoms with E-state index in [0.29, 0.717) is 5.69 Å². The second-order valence-electron chi connectivity index (χ2n) is 2.72. The van der Waals surface area contributed by atoms with Gasteiger partial charge in [-0.1, -0.05) is 0 Å². The molecular weight excluding hydrogens is 236 g/mol. The van der Waals surface area contributed by atoms with Gasteiger partial charge >= 0.3 is 16.3 Å². The van der Waals surface area contributed by atoms with E-state index in [9.17, 15) is 13.2 Å². The standard InChI is InChI=1S/C7H12N4O4S/c1-2-15-7(12)11-16(13,14)10-4-6-3-8-5-9-6/h3,5,10H,2,4H2,1H3,(H,8,9)(H,11,12). The first-order valence-corrected chi connectivity index (χ1v) is 5.93.